The summed E-state index contributed by atoms with van der Waals surface area (Å²) in [7, 11) is -4.40. The van der Waals surface area contributed by atoms with E-state index >= 15 is 0 Å². The predicted octanol–water partition coefficient (Wildman–Crippen LogP) is 11.2. The molecule has 304 valence electrons. The predicted molar refractivity (Wildman–Crippen MR) is 224 cm³/mol. The van der Waals surface area contributed by atoms with Gasteiger partial charge in [0.25, 0.3) is 0 Å². The van der Waals surface area contributed by atoms with Crippen molar-refractivity contribution in [2.45, 2.75) is 129 Å². The highest BCUT2D eigenvalue weighted by molar-refractivity contribution is 7.47. The Morgan fingerprint density at radius 2 is 1.07 bits per heavy atom. The summed E-state index contributed by atoms with van der Waals surface area (Å²) in [6.07, 6.45) is 51.3. The molecule has 2 atom stereocenters. The Morgan fingerprint density at radius 3 is 1.67 bits per heavy atom. The van der Waals surface area contributed by atoms with Crippen LogP contribution in [0.5, 0.6) is 0 Å². The molecule has 9 nitrogen and oxygen atoms in total. The molecule has 0 aliphatic carbocycles. The minimum Gasteiger partial charge on any atom is -0.462 e. The van der Waals surface area contributed by atoms with Crippen LogP contribution < -0.4 is 5.73 Å². The van der Waals surface area contributed by atoms with Crippen LogP contribution in [0.3, 0.4) is 0 Å². The Morgan fingerprint density at radius 1 is 0.574 bits per heavy atom. The average molecular weight is 772 g/mol. The molecule has 0 aromatic carbocycles. The number of hydrogen-bond donors (Lipinski definition) is 2. The molecule has 0 aromatic heterocycles. The van der Waals surface area contributed by atoms with Crippen LogP contribution in [0.4, 0.5) is 0 Å². The van der Waals surface area contributed by atoms with E-state index in [1.165, 1.54) is 0 Å². The minimum atomic E-state index is -4.40. The molecule has 0 amide bonds. The lowest BCUT2D eigenvalue weighted by Gasteiger charge is -2.19. The third kappa shape index (κ3) is 38.4. The number of esters is 2. The number of allylic oxidation sites excluding steroid dienone is 18. The molecule has 0 heterocycles. The van der Waals surface area contributed by atoms with Crippen LogP contribution in [0, 0.1) is 0 Å². The molecule has 0 aromatic rings. The topological polar surface area (TPSA) is 134 Å². The SMILES string of the molecule is CC/C=C/C=C/C=C/CCCCCCCC(=O)OC(COC(=O)CCC/C=C/C/C=C/C/C=C/C/C=C/C/C=C/C/C=C/CC)COP(=O)(O)OCCN. The molecule has 0 aliphatic rings. The lowest BCUT2D eigenvalue weighted by atomic mass is 10.1. The number of phosphoric acid groups is 1. The molecule has 0 saturated heterocycles. The lowest BCUT2D eigenvalue weighted by molar-refractivity contribution is -0.161. The van der Waals surface area contributed by atoms with Crippen molar-refractivity contribution in [2.75, 3.05) is 26.4 Å². The molecule has 54 heavy (non-hydrogen) atoms. The van der Waals surface area contributed by atoms with Gasteiger partial charge in [0.05, 0.1) is 13.2 Å². The molecule has 0 fully saturated rings. The van der Waals surface area contributed by atoms with Crippen LogP contribution in [-0.4, -0.2) is 49.3 Å². The molecule has 0 spiro atoms. The summed E-state index contributed by atoms with van der Waals surface area (Å²) in [6, 6.07) is 0. The van der Waals surface area contributed by atoms with E-state index in [2.05, 4.69) is 98.9 Å². The number of hydrogen-bond acceptors (Lipinski definition) is 8. The number of nitrogens with two attached hydrogens (primary N) is 1. The molecule has 2 unspecified atom stereocenters. The molecular formula is C44H70NO8P. The van der Waals surface area contributed by atoms with Gasteiger partial charge in [0.1, 0.15) is 6.61 Å². The fraction of sp³-hybridized carbons (Fsp3) is 0.545. The van der Waals surface area contributed by atoms with Gasteiger partial charge in [0.2, 0.25) is 0 Å². The zero-order valence-electron chi connectivity index (χ0n) is 33.1. The second-order valence-electron chi connectivity index (χ2n) is 12.4. The van der Waals surface area contributed by atoms with Crippen LogP contribution in [-0.2, 0) is 32.7 Å². The van der Waals surface area contributed by atoms with Crippen LogP contribution in [0.25, 0.3) is 0 Å². The van der Waals surface area contributed by atoms with Crippen molar-refractivity contribution in [2.24, 2.45) is 5.73 Å². The lowest BCUT2D eigenvalue weighted by Crippen LogP contribution is -2.29. The van der Waals surface area contributed by atoms with E-state index in [1.807, 2.05) is 24.3 Å². The Labute approximate surface area is 327 Å². The largest absolute Gasteiger partial charge is 0.472 e. The van der Waals surface area contributed by atoms with E-state index in [1.54, 1.807) is 0 Å². The molecule has 0 aliphatic heterocycles. The van der Waals surface area contributed by atoms with Gasteiger partial charge >= 0.3 is 19.8 Å². The van der Waals surface area contributed by atoms with E-state index in [0.29, 0.717) is 12.8 Å². The number of carbonyl (C=O) groups excluding carboxylic acids is 2. The first-order valence-corrected chi connectivity index (χ1v) is 21.4. The Kier molecular flexibility index (Phi) is 36.9. The van der Waals surface area contributed by atoms with Gasteiger partial charge in [-0.25, -0.2) is 4.57 Å². The van der Waals surface area contributed by atoms with Gasteiger partial charge in [-0.3, -0.25) is 18.6 Å². The van der Waals surface area contributed by atoms with Crippen molar-refractivity contribution < 1.29 is 37.6 Å². The third-order valence-corrected chi connectivity index (χ3v) is 8.45. The molecule has 0 bridgehead atoms. The molecular weight excluding hydrogens is 701 g/mol. The summed E-state index contributed by atoms with van der Waals surface area (Å²) < 4.78 is 32.6. The van der Waals surface area contributed by atoms with E-state index in [-0.39, 0.29) is 32.6 Å². The number of ether oxygens (including phenoxy) is 2. The van der Waals surface area contributed by atoms with Gasteiger partial charge in [-0.2, -0.15) is 0 Å². The van der Waals surface area contributed by atoms with Crippen LogP contribution in [0.15, 0.2) is 109 Å². The van der Waals surface area contributed by atoms with Gasteiger partial charge in [-0.15, -0.1) is 0 Å². The number of rotatable bonds is 35. The average Bonchev–Trinajstić information content (AvgIpc) is 3.16. The Bertz CT molecular complexity index is 1240. The second kappa shape index (κ2) is 39.4. The monoisotopic (exact) mass is 771 g/mol. The number of unbranched alkanes of at least 4 members (excludes halogenated alkanes) is 6. The van der Waals surface area contributed by atoms with Gasteiger partial charge in [0, 0.05) is 19.4 Å². The smallest absolute Gasteiger partial charge is 0.462 e. The van der Waals surface area contributed by atoms with Crippen molar-refractivity contribution >= 4 is 19.8 Å². The second-order valence-corrected chi connectivity index (χ2v) is 13.9. The maximum Gasteiger partial charge on any atom is 0.472 e. The van der Waals surface area contributed by atoms with Crippen molar-refractivity contribution in [3.63, 3.8) is 0 Å². The van der Waals surface area contributed by atoms with Crippen molar-refractivity contribution in [3.8, 4) is 0 Å². The molecule has 0 saturated carbocycles. The van der Waals surface area contributed by atoms with E-state index in [4.69, 9.17) is 24.3 Å². The zero-order valence-corrected chi connectivity index (χ0v) is 34.0. The molecule has 3 N–H and O–H groups in total. The highest BCUT2D eigenvalue weighted by Gasteiger charge is 2.25. The fourth-order valence-corrected chi connectivity index (χ4v) is 5.35. The minimum absolute atomic E-state index is 0.0352. The van der Waals surface area contributed by atoms with Gasteiger partial charge in [0.15, 0.2) is 6.10 Å². The molecule has 0 radical (unpaired) electrons. The molecule has 10 heteroatoms. The van der Waals surface area contributed by atoms with Crippen molar-refractivity contribution in [1.29, 1.82) is 0 Å². The fourth-order valence-electron chi connectivity index (χ4n) is 4.59. The van der Waals surface area contributed by atoms with E-state index in [9.17, 15) is 19.0 Å². The van der Waals surface area contributed by atoms with Gasteiger partial charge in [-0.1, -0.05) is 142 Å². The summed E-state index contributed by atoms with van der Waals surface area (Å²) in [6.45, 7) is 3.35. The van der Waals surface area contributed by atoms with Gasteiger partial charge < -0.3 is 20.1 Å². The summed E-state index contributed by atoms with van der Waals surface area (Å²) >= 11 is 0. The first-order chi connectivity index (χ1) is 26.3. The standard InChI is InChI=1S/C44H70NO8P/c1-3-5-7-9-11-13-15-17-18-19-20-21-22-23-25-26-28-30-32-34-36-43(46)50-40-42(41-52-54(48,49)51-39-38-45)53-44(47)37-35-33-31-29-27-24-16-14-12-10-8-6-4-2/h5-8,10-14,16-18,20-21,23,25,28,30,42H,3-4,9,15,19,22,24,26-27,29,31-41,45H2,1-2H3,(H,48,49)/b7-5+,8-6+,12-10+,13-11+,16-14+,18-17+,21-20+,25-23+,30-28+. The summed E-state index contributed by atoms with van der Waals surface area (Å²) in [5, 5.41) is 0. The first kappa shape index (κ1) is 50.7. The Hall–Kier alpha value is -3.33. The third-order valence-electron chi connectivity index (χ3n) is 7.47. The highest BCUT2D eigenvalue weighted by atomic mass is 31.2. The zero-order chi connectivity index (χ0) is 39.6. The first-order valence-electron chi connectivity index (χ1n) is 19.9. The number of carbonyl (C=O) groups is 2. The van der Waals surface area contributed by atoms with Crippen LogP contribution >= 0.6 is 7.82 Å². The van der Waals surface area contributed by atoms with Crippen LogP contribution in [0.1, 0.15) is 123 Å². The van der Waals surface area contributed by atoms with Crippen molar-refractivity contribution in [1.82, 2.24) is 0 Å². The van der Waals surface area contributed by atoms with Gasteiger partial charge in [-0.05, 0) is 77.0 Å². The highest BCUT2D eigenvalue weighted by Crippen LogP contribution is 2.43. The normalized spacial score (nSPS) is 14.5. The van der Waals surface area contributed by atoms with Crippen LogP contribution in [0.2, 0.25) is 0 Å². The summed E-state index contributed by atoms with van der Waals surface area (Å²) in [5.74, 6) is -0.937. The molecule has 0 rings (SSSR count). The van der Waals surface area contributed by atoms with E-state index < -0.39 is 32.5 Å². The maximum absolute atomic E-state index is 12.5. The summed E-state index contributed by atoms with van der Waals surface area (Å²) in [4.78, 5) is 34.7. The van der Waals surface area contributed by atoms with E-state index in [0.717, 1.165) is 83.5 Å². The summed E-state index contributed by atoms with van der Waals surface area (Å²) in [5.41, 5.74) is 5.33. The van der Waals surface area contributed by atoms with Crippen molar-refractivity contribution in [3.05, 3.63) is 109 Å². The Balaban J connectivity index is 4.35. The maximum atomic E-state index is 12.5. The number of phosphoric ester groups is 1. The quantitative estimate of drug-likeness (QED) is 0.0212.